The summed E-state index contributed by atoms with van der Waals surface area (Å²) in [4.78, 5) is 25.0. The number of nitrogens with one attached hydrogen (secondary N) is 1. The van der Waals surface area contributed by atoms with Crippen molar-refractivity contribution in [2.45, 2.75) is 69.1 Å². The molecule has 0 heterocycles. The normalized spacial score (nSPS) is 14.4. The van der Waals surface area contributed by atoms with Crippen LogP contribution in [0.1, 0.15) is 41.5 Å². The van der Waals surface area contributed by atoms with Crippen LogP contribution in [0, 0.1) is 0 Å². The van der Waals surface area contributed by atoms with E-state index in [-0.39, 0.29) is 0 Å². The molecule has 0 aliphatic carbocycles. The number of esters is 1. The van der Waals surface area contributed by atoms with E-state index < -0.39 is 34.7 Å². The van der Waals surface area contributed by atoms with Crippen LogP contribution in [0.15, 0.2) is 35.2 Å². The predicted octanol–water partition coefficient (Wildman–Crippen LogP) is 3.33. The van der Waals surface area contributed by atoms with Crippen LogP contribution in [0.2, 0.25) is 0 Å². The molecular formula is C18H27NO5S. The lowest BCUT2D eigenvalue weighted by Crippen LogP contribution is -2.48. The van der Waals surface area contributed by atoms with Crippen molar-refractivity contribution in [1.82, 2.24) is 5.32 Å². The van der Waals surface area contributed by atoms with Gasteiger partial charge in [-0.1, -0.05) is 30.0 Å². The molecule has 7 heteroatoms. The number of carbonyl (C=O) groups is 2. The molecule has 0 bridgehead atoms. The molecule has 140 valence electrons. The van der Waals surface area contributed by atoms with Crippen LogP contribution in [0.3, 0.4) is 0 Å². The molecule has 2 atom stereocenters. The lowest BCUT2D eigenvalue weighted by molar-refractivity contribution is -0.165. The number of hydrogen-bond donors (Lipinski definition) is 2. The number of amides is 1. The van der Waals surface area contributed by atoms with Crippen molar-refractivity contribution in [1.29, 1.82) is 0 Å². The quantitative estimate of drug-likeness (QED) is 0.470. The summed E-state index contributed by atoms with van der Waals surface area (Å²) in [5.74, 6) is -0.808. The number of alkyl carbamates (subject to hydrolysis) is 1. The fourth-order valence-electron chi connectivity index (χ4n) is 1.73. The Kier molecular flexibility index (Phi) is 7.31. The van der Waals surface area contributed by atoms with E-state index >= 15 is 0 Å². The van der Waals surface area contributed by atoms with Gasteiger partial charge < -0.3 is 19.9 Å². The third kappa shape index (κ3) is 8.79. The SMILES string of the molecule is CC(C)(C)OC(=O)NC(Sc1ccccc1)C(O)C(=O)OC(C)(C)C. The molecule has 1 rings (SSSR count). The van der Waals surface area contributed by atoms with Crippen molar-refractivity contribution in [3.8, 4) is 0 Å². The molecule has 0 saturated heterocycles. The second-order valence-corrected chi connectivity index (χ2v) is 8.69. The first kappa shape index (κ1) is 21.3. The second kappa shape index (κ2) is 8.58. The molecule has 0 saturated carbocycles. The summed E-state index contributed by atoms with van der Waals surface area (Å²) >= 11 is 1.14. The standard InChI is InChI=1S/C18H27NO5S/c1-17(2,3)23-15(21)13(20)14(19-16(22)24-18(4,5)6)25-12-10-8-7-9-11-12/h7-11,13-14,20H,1-6H3,(H,19,22). The monoisotopic (exact) mass is 369 g/mol. The Morgan fingerprint density at radius 1 is 1.00 bits per heavy atom. The molecule has 0 radical (unpaired) electrons. The maximum Gasteiger partial charge on any atom is 0.408 e. The highest BCUT2D eigenvalue weighted by Crippen LogP contribution is 2.25. The zero-order valence-electron chi connectivity index (χ0n) is 15.5. The number of thioether (sulfide) groups is 1. The lowest BCUT2D eigenvalue weighted by atomic mass is 10.2. The number of aliphatic hydroxyl groups is 1. The molecule has 1 amide bonds. The van der Waals surface area contributed by atoms with E-state index in [1.807, 2.05) is 30.3 Å². The fraction of sp³-hybridized carbons (Fsp3) is 0.556. The van der Waals surface area contributed by atoms with E-state index in [9.17, 15) is 14.7 Å². The summed E-state index contributed by atoms with van der Waals surface area (Å²) in [5, 5.41) is 12.0. The number of aliphatic hydroxyl groups excluding tert-OH is 1. The first-order valence-corrected chi connectivity index (χ1v) is 8.87. The third-order valence-electron chi connectivity index (χ3n) is 2.60. The summed E-state index contributed by atoms with van der Waals surface area (Å²) in [6.45, 7) is 10.3. The first-order chi connectivity index (χ1) is 11.4. The Balaban J connectivity index is 2.90. The average Bonchev–Trinajstić information content (AvgIpc) is 2.43. The largest absolute Gasteiger partial charge is 0.458 e. The Bertz CT molecular complexity index is 577. The van der Waals surface area contributed by atoms with Crippen LogP contribution in [0.25, 0.3) is 0 Å². The molecule has 1 aromatic rings. The maximum atomic E-state index is 12.2. The van der Waals surface area contributed by atoms with Gasteiger partial charge in [-0.25, -0.2) is 9.59 Å². The van der Waals surface area contributed by atoms with Gasteiger partial charge in [-0.3, -0.25) is 0 Å². The van der Waals surface area contributed by atoms with E-state index in [1.165, 1.54) is 0 Å². The molecule has 0 aromatic heterocycles. The van der Waals surface area contributed by atoms with Crippen LogP contribution in [-0.4, -0.2) is 39.8 Å². The molecule has 6 nitrogen and oxygen atoms in total. The molecule has 25 heavy (non-hydrogen) atoms. The highest BCUT2D eigenvalue weighted by Gasteiger charge is 2.33. The third-order valence-corrected chi connectivity index (χ3v) is 3.77. The van der Waals surface area contributed by atoms with Crippen molar-refractivity contribution >= 4 is 23.8 Å². The van der Waals surface area contributed by atoms with E-state index in [1.54, 1.807) is 41.5 Å². The van der Waals surface area contributed by atoms with Crippen molar-refractivity contribution in [2.24, 2.45) is 0 Å². The molecule has 0 fully saturated rings. The van der Waals surface area contributed by atoms with Crippen molar-refractivity contribution in [2.75, 3.05) is 0 Å². The van der Waals surface area contributed by atoms with E-state index in [2.05, 4.69) is 5.32 Å². The van der Waals surface area contributed by atoms with Gasteiger partial charge in [-0.2, -0.15) is 0 Å². The number of carbonyl (C=O) groups excluding carboxylic acids is 2. The average molecular weight is 369 g/mol. The van der Waals surface area contributed by atoms with Crippen LogP contribution in [-0.2, 0) is 14.3 Å². The highest BCUT2D eigenvalue weighted by atomic mass is 32.2. The van der Waals surface area contributed by atoms with Gasteiger partial charge in [0.15, 0.2) is 6.10 Å². The van der Waals surface area contributed by atoms with E-state index in [4.69, 9.17) is 9.47 Å². The summed E-state index contributed by atoms with van der Waals surface area (Å²) in [5.41, 5.74) is -1.44. The molecule has 0 aliphatic rings. The Morgan fingerprint density at radius 2 is 1.52 bits per heavy atom. The van der Waals surface area contributed by atoms with Crippen LogP contribution < -0.4 is 5.32 Å². The van der Waals surface area contributed by atoms with Crippen LogP contribution in [0.5, 0.6) is 0 Å². The van der Waals surface area contributed by atoms with Gasteiger partial charge in [-0.15, -0.1) is 0 Å². The number of rotatable bonds is 5. The highest BCUT2D eigenvalue weighted by molar-refractivity contribution is 8.00. The Hall–Kier alpha value is -1.73. The smallest absolute Gasteiger partial charge is 0.408 e. The van der Waals surface area contributed by atoms with Crippen molar-refractivity contribution in [3.63, 3.8) is 0 Å². The number of hydrogen-bond acceptors (Lipinski definition) is 6. The van der Waals surface area contributed by atoms with E-state index in [0.717, 1.165) is 16.7 Å². The molecule has 2 unspecified atom stereocenters. The minimum atomic E-state index is -1.54. The van der Waals surface area contributed by atoms with Crippen molar-refractivity contribution in [3.05, 3.63) is 30.3 Å². The first-order valence-electron chi connectivity index (χ1n) is 7.99. The van der Waals surface area contributed by atoms with Gasteiger partial charge >= 0.3 is 12.1 Å². The summed E-state index contributed by atoms with van der Waals surface area (Å²) in [6.07, 6.45) is -2.26. The number of benzene rings is 1. The molecular weight excluding hydrogens is 342 g/mol. The summed E-state index contributed by atoms with van der Waals surface area (Å²) < 4.78 is 10.4. The van der Waals surface area contributed by atoms with Gasteiger partial charge in [0.25, 0.3) is 0 Å². The van der Waals surface area contributed by atoms with Gasteiger partial charge in [0, 0.05) is 4.90 Å². The summed E-state index contributed by atoms with van der Waals surface area (Å²) in [7, 11) is 0. The van der Waals surface area contributed by atoms with Crippen molar-refractivity contribution < 1.29 is 24.2 Å². The van der Waals surface area contributed by atoms with E-state index in [0.29, 0.717) is 0 Å². The number of ether oxygens (including phenoxy) is 2. The molecule has 1 aromatic carbocycles. The Morgan fingerprint density at radius 3 is 2.00 bits per heavy atom. The molecule has 2 N–H and O–H groups in total. The second-order valence-electron chi connectivity index (χ2n) is 7.48. The van der Waals surface area contributed by atoms with Gasteiger partial charge in [0.1, 0.15) is 16.6 Å². The van der Waals surface area contributed by atoms with Crippen LogP contribution in [0.4, 0.5) is 4.79 Å². The fourth-order valence-corrected chi connectivity index (χ4v) is 2.73. The topological polar surface area (TPSA) is 84.9 Å². The minimum Gasteiger partial charge on any atom is -0.458 e. The Labute approximate surface area is 153 Å². The van der Waals surface area contributed by atoms with Crippen LogP contribution >= 0.6 is 11.8 Å². The zero-order chi connectivity index (χ0) is 19.3. The molecule has 0 spiro atoms. The van der Waals surface area contributed by atoms with Gasteiger partial charge in [0.2, 0.25) is 0 Å². The minimum absolute atomic E-state index is 0.692. The summed E-state index contributed by atoms with van der Waals surface area (Å²) in [6, 6.07) is 9.14. The maximum absolute atomic E-state index is 12.2. The zero-order valence-corrected chi connectivity index (χ0v) is 16.3. The lowest BCUT2D eigenvalue weighted by Gasteiger charge is -2.27. The van der Waals surface area contributed by atoms with Gasteiger partial charge in [-0.05, 0) is 53.7 Å². The molecule has 0 aliphatic heterocycles. The predicted molar refractivity (Wildman–Crippen MR) is 97.3 cm³/mol. The van der Waals surface area contributed by atoms with Gasteiger partial charge in [0.05, 0.1) is 0 Å².